The Kier molecular flexibility index (Phi) is 5.39. The van der Waals surface area contributed by atoms with Crippen molar-refractivity contribution in [1.29, 1.82) is 0 Å². The van der Waals surface area contributed by atoms with Gasteiger partial charge in [-0.2, -0.15) is 0 Å². The summed E-state index contributed by atoms with van der Waals surface area (Å²) in [5, 5.41) is 3.93. The maximum absolute atomic E-state index is 6.05. The molecule has 0 saturated carbocycles. The number of pyridine rings is 1. The zero-order chi connectivity index (χ0) is 14.4. The van der Waals surface area contributed by atoms with Crippen LogP contribution < -0.4 is 10.1 Å². The first kappa shape index (κ1) is 14.8. The van der Waals surface area contributed by atoms with Crippen LogP contribution in [0, 0.1) is 0 Å². The lowest BCUT2D eigenvalue weighted by Crippen LogP contribution is -2.14. The topological polar surface area (TPSA) is 34.1 Å². The van der Waals surface area contributed by atoms with Crippen LogP contribution in [0.25, 0.3) is 0 Å². The van der Waals surface area contributed by atoms with Crippen molar-refractivity contribution in [2.24, 2.45) is 0 Å². The van der Waals surface area contributed by atoms with Gasteiger partial charge in [-0.3, -0.25) is 4.98 Å². The molecule has 4 heteroatoms. The van der Waals surface area contributed by atoms with Gasteiger partial charge in [0.1, 0.15) is 5.75 Å². The second-order valence-electron chi connectivity index (χ2n) is 4.61. The highest BCUT2D eigenvalue weighted by molar-refractivity contribution is 6.30. The number of benzene rings is 1. The Bertz CT molecular complexity index is 545. The zero-order valence-corrected chi connectivity index (χ0v) is 12.5. The maximum Gasteiger partial charge on any atom is 0.124 e. The third-order valence-corrected chi connectivity index (χ3v) is 3.45. The summed E-state index contributed by atoms with van der Waals surface area (Å²) in [6.07, 6.45) is 2.59. The van der Waals surface area contributed by atoms with Gasteiger partial charge >= 0.3 is 0 Å². The Hall–Kier alpha value is -1.58. The minimum absolute atomic E-state index is 0.193. The van der Waals surface area contributed by atoms with Gasteiger partial charge in [0.25, 0.3) is 0 Å². The van der Waals surface area contributed by atoms with Gasteiger partial charge in [-0.15, -0.1) is 0 Å². The van der Waals surface area contributed by atoms with Crippen LogP contribution in [-0.4, -0.2) is 18.6 Å². The van der Waals surface area contributed by atoms with E-state index in [1.165, 1.54) is 0 Å². The lowest BCUT2D eigenvalue weighted by atomic mass is 10.1. The molecule has 1 aromatic heterocycles. The normalized spacial score (nSPS) is 12.2. The molecular weight excluding hydrogens is 272 g/mol. The molecule has 3 nitrogen and oxygen atoms in total. The molecule has 106 valence electrons. The number of rotatable bonds is 6. The van der Waals surface area contributed by atoms with E-state index in [-0.39, 0.29) is 6.04 Å². The fourth-order valence-electron chi connectivity index (χ4n) is 1.96. The maximum atomic E-state index is 6.05. The number of ether oxygens (including phenoxy) is 1. The Labute approximate surface area is 124 Å². The molecule has 0 aliphatic rings. The second kappa shape index (κ2) is 7.27. The average molecular weight is 291 g/mol. The molecule has 0 aliphatic carbocycles. The lowest BCUT2D eigenvalue weighted by molar-refractivity contribution is 0.314. The molecular formula is C16H19ClN2O. The second-order valence-corrected chi connectivity index (χ2v) is 5.05. The monoisotopic (exact) mass is 290 g/mol. The summed E-state index contributed by atoms with van der Waals surface area (Å²) in [7, 11) is 1.92. The van der Waals surface area contributed by atoms with Gasteiger partial charge in [0, 0.05) is 34.9 Å². The molecule has 1 heterocycles. The van der Waals surface area contributed by atoms with E-state index in [4.69, 9.17) is 16.3 Å². The molecule has 0 bridgehead atoms. The van der Waals surface area contributed by atoms with Crippen molar-refractivity contribution in [3.05, 3.63) is 58.9 Å². The van der Waals surface area contributed by atoms with E-state index in [9.17, 15) is 0 Å². The molecule has 2 aromatic rings. The van der Waals surface area contributed by atoms with Crippen molar-refractivity contribution in [3.8, 4) is 5.75 Å². The predicted octanol–water partition coefficient (Wildman–Crippen LogP) is 3.64. The zero-order valence-electron chi connectivity index (χ0n) is 11.8. The number of halogens is 1. The average Bonchev–Trinajstić information content (AvgIpc) is 2.49. The lowest BCUT2D eigenvalue weighted by Gasteiger charge is -2.17. The van der Waals surface area contributed by atoms with Crippen LogP contribution in [0.1, 0.15) is 24.2 Å². The van der Waals surface area contributed by atoms with Gasteiger partial charge in [0.05, 0.1) is 6.61 Å². The quantitative estimate of drug-likeness (QED) is 0.882. The van der Waals surface area contributed by atoms with E-state index >= 15 is 0 Å². The molecule has 0 spiro atoms. The Morgan fingerprint density at radius 2 is 2.15 bits per heavy atom. The fraction of sp³-hybridized carbons (Fsp3) is 0.312. The van der Waals surface area contributed by atoms with Gasteiger partial charge in [-0.25, -0.2) is 0 Å². The van der Waals surface area contributed by atoms with Crippen molar-refractivity contribution < 1.29 is 4.74 Å². The highest BCUT2D eigenvalue weighted by atomic mass is 35.5. The predicted molar refractivity (Wildman–Crippen MR) is 82.4 cm³/mol. The number of aromatic nitrogens is 1. The van der Waals surface area contributed by atoms with E-state index in [1.807, 2.05) is 43.4 Å². The van der Waals surface area contributed by atoms with Crippen molar-refractivity contribution in [2.75, 3.05) is 13.7 Å². The molecule has 0 fully saturated rings. The van der Waals surface area contributed by atoms with Gasteiger partial charge in [0.15, 0.2) is 0 Å². The molecule has 1 atom stereocenters. The van der Waals surface area contributed by atoms with Crippen molar-refractivity contribution in [2.45, 2.75) is 19.4 Å². The first-order chi connectivity index (χ1) is 9.70. The molecule has 0 saturated heterocycles. The number of hydrogen-bond donors (Lipinski definition) is 1. The standard InChI is InChI=1S/C16H19ClN2O/c1-12(18-2)15-11-13(17)6-7-16(15)20-10-8-14-5-3-4-9-19-14/h3-7,9,11-12,18H,8,10H2,1-2H3. The molecule has 20 heavy (non-hydrogen) atoms. The Morgan fingerprint density at radius 1 is 1.30 bits per heavy atom. The van der Waals surface area contributed by atoms with E-state index in [0.29, 0.717) is 6.61 Å². The molecule has 0 amide bonds. The van der Waals surface area contributed by atoms with E-state index in [0.717, 1.165) is 28.5 Å². The summed E-state index contributed by atoms with van der Waals surface area (Å²) in [5.74, 6) is 0.868. The van der Waals surface area contributed by atoms with Crippen LogP contribution in [0.5, 0.6) is 5.75 Å². The Morgan fingerprint density at radius 3 is 2.85 bits per heavy atom. The molecule has 2 rings (SSSR count). The molecule has 1 N–H and O–H groups in total. The minimum atomic E-state index is 0.193. The summed E-state index contributed by atoms with van der Waals surface area (Å²) < 4.78 is 5.88. The summed E-state index contributed by atoms with van der Waals surface area (Å²) in [5.41, 5.74) is 2.10. The molecule has 1 aromatic carbocycles. The minimum Gasteiger partial charge on any atom is -0.493 e. The third-order valence-electron chi connectivity index (χ3n) is 3.21. The molecule has 0 aliphatic heterocycles. The van der Waals surface area contributed by atoms with Crippen molar-refractivity contribution in [1.82, 2.24) is 10.3 Å². The van der Waals surface area contributed by atoms with Crippen LogP contribution in [0.15, 0.2) is 42.6 Å². The summed E-state index contributed by atoms with van der Waals surface area (Å²) in [6, 6.07) is 11.8. The fourth-order valence-corrected chi connectivity index (χ4v) is 2.14. The van der Waals surface area contributed by atoms with Crippen LogP contribution in [0.3, 0.4) is 0 Å². The number of hydrogen-bond acceptors (Lipinski definition) is 3. The third kappa shape index (κ3) is 3.95. The van der Waals surface area contributed by atoms with Gasteiger partial charge in [-0.05, 0) is 44.3 Å². The van der Waals surface area contributed by atoms with E-state index in [2.05, 4.69) is 17.2 Å². The van der Waals surface area contributed by atoms with Gasteiger partial charge < -0.3 is 10.1 Å². The van der Waals surface area contributed by atoms with Gasteiger partial charge in [-0.1, -0.05) is 17.7 Å². The van der Waals surface area contributed by atoms with Crippen LogP contribution in [-0.2, 0) is 6.42 Å². The van der Waals surface area contributed by atoms with Crippen LogP contribution >= 0.6 is 11.6 Å². The Balaban J connectivity index is 2.02. The highest BCUT2D eigenvalue weighted by Gasteiger charge is 2.11. The summed E-state index contributed by atoms with van der Waals surface area (Å²) in [6.45, 7) is 2.68. The largest absolute Gasteiger partial charge is 0.493 e. The van der Waals surface area contributed by atoms with Crippen LogP contribution in [0.4, 0.5) is 0 Å². The van der Waals surface area contributed by atoms with Crippen LogP contribution in [0.2, 0.25) is 5.02 Å². The number of nitrogens with zero attached hydrogens (tertiary/aromatic N) is 1. The first-order valence-electron chi connectivity index (χ1n) is 6.70. The molecule has 0 radical (unpaired) electrons. The van der Waals surface area contributed by atoms with E-state index in [1.54, 1.807) is 6.20 Å². The van der Waals surface area contributed by atoms with Crippen molar-refractivity contribution >= 4 is 11.6 Å². The SMILES string of the molecule is CNC(C)c1cc(Cl)ccc1OCCc1ccccn1. The van der Waals surface area contributed by atoms with Gasteiger partial charge in [0.2, 0.25) is 0 Å². The number of nitrogens with one attached hydrogen (secondary N) is 1. The summed E-state index contributed by atoms with van der Waals surface area (Å²) in [4.78, 5) is 4.28. The molecule has 1 unspecified atom stereocenters. The van der Waals surface area contributed by atoms with Crippen molar-refractivity contribution in [3.63, 3.8) is 0 Å². The smallest absolute Gasteiger partial charge is 0.124 e. The first-order valence-corrected chi connectivity index (χ1v) is 7.08. The highest BCUT2D eigenvalue weighted by Crippen LogP contribution is 2.28. The summed E-state index contributed by atoms with van der Waals surface area (Å²) >= 11 is 6.05. The van der Waals surface area contributed by atoms with E-state index < -0.39 is 0 Å².